The number of aryl methyl sites for hydroxylation is 1. The Bertz CT molecular complexity index is 656. The van der Waals surface area contributed by atoms with Crippen molar-refractivity contribution in [3.05, 3.63) is 35.4 Å². The van der Waals surface area contributed by atoms with Crippen LogP contribution in [0.3, 0.4) is 0 Å². The molecule has 1 saturated carbocycles. The second kappa shape index (κ2) is 6.51. The van der Waals surface area contributed by atoms with Gasteiger partial charge in [-0.15, -0.1) is 0 Å². The molecule has 1 aliphatic carbocycles. The summed E-state index contributed by atoms with van der Waals surface area (Å²) >= 11 is 0. The van der Waals surface area contributed by atoms with Gasteiger partial charge in [0.2, 0.25) is 0 Å². The first-order valence-corrected chi connectivity index (χ1v) is 9.73. The number of ether oxygens (including phenoxy) is 1. The zero-order chi connectivity index (χ0) is 16.5. The quantitative estimate of drug-likeness (QED) is 0.827. The molecule has 0 amide bonds. The van der Waals surface area contributed by atoms with Crippen LogP contribution in [-0.2, 0) is 21.4 Å². The predicted octanol–water partition coefficient (Wildman–Crippen LogP) is 2.02. The zero-order valence-corrected chi connectivity index (χ0v) is 14.7. The molecule has 1 heterocycles. The summed E-state index contributed by atoms with van der Waals surface area (Å²) in [6, 6.07) is 8.27. The molecule has 1 atom stereocenters. The first-order chi connectivity index (χ1) is 10.9. The molecule has 0 radical (unpaired) electrons. The fourth-order valence-electron chi connectivity index (χ4n) is 3.50. The smallest absolute Gasteiger partial charge is 0.280 e. The van der Waals surface area contributed by atoms with Gasteiger partial charge in [-0.05, 0) is 44.6 Å². The minimum Gasteiger partial charge on any atom is -0.383 e. The Morgan fingerprint density at radius 2 is 2.17 bits per heavy atom. The SMILES string of the molecule is COCC1CCCN1S(=O)(=O)NC1(Cc2cccc(C)c2)CC1. The van der Waals surface area contributed by atoms with Gasteiger partial charge in [-0.3, -0.25) is 0 Å². The van der Waals surface area contributed by atoms with E-state index >= 15 is 0 Å². The molecule has 2 aliphatic rings. The molecule has 0 bridgehead atoms. The predicted molar refractivity (Wildman–Crippen MR) is 90.5 cm³/mol. The lowest BCUT2D eigenvalue weighted by Gasteiger charge is -2.27. The summed E-state index contributed by atoms with van der Waals surface area (Å²) in [6.07, 6.45) is 4.35. The Morgan fingerprint density at radius 3 is 2.83 bits per heavy atom. The van der Waals surface area contributed by atoms with Gasteiger partial charge in [-0.2, -0.15) is 17.4 Å². The summed E-state index contributed by atoms with van der Waals surface area (Å²) < 4.78 is 35.3. The van der Waals surface area contributed by atoms with E-state index in [9.17, 15) is 8.42 Å². The lowest BCUT2D eigenvalue weighted by Crippen LogP contribution is -2.50. The summed E-state index contributed by atoms with van der Waals surface area (Å²) in [5, 5.41) is 0. The van der Waals surface area contributed by atoms with Crippen molar-refractivity contribution in [1.82, 2.24) is 9.03 Å². The summed E-state index contributed by atoms with van der Waals surface area (Å²) in [5.74, 6) is 0. The van der Waals surface area contributed by atoms with Crippen molar-refractivity contribution in [2.75, 3.05) is 20.3 Å². The fraction of sp³-hybridized carbons (Fsp3) is 0.647. The molecule has 1 aromatic carbocycles. The van der Waals surface area contributed by atoms with Crippen molar-refractivity contribution >= 4 is 10.2 Å². The van der Waals surface area contributed by atoms with Gasteiger partial charge in [0, 0.05) is 25.2 Å². The molecule has 0 spiro atoms. The number of methoxy groups -OCH3 is 1. The molecule has 1 aliphatic heterocycles. The van der Waals surface area contributed by atoms with Crippen molar-refractivity contribution in [1.29, 1.82) is 0 Å². The number of nitrogens with one attached hydrogen (secondary N) is 1. The van der Waals surface area contributed by atoms with E-state index in [0.717, 1.165) is 32.1 Å². The van der Waals surface area contributed by atoms with Crippen LogP contribution in [0.4, 0.5) is 0 Å². The molecule has 2 fully saturated rings. The molecule has 1 unspecified atom stereocenters. The number of hydrogen-bond donors (Lipinski definition) is 1. The number of hydrogen-bond acceptors (Lipinski definition) is 3. The minimum atomic E-state index is -3.45. The van der Waals surface area contributed by atoms with E-state index in [0.29, 0.717) is 13.2 Å². The first-order valence-electron chi connectivity index (χ1n) is 8.29. The van der Waals surface area contributed by atoms with Crippen LogP contribution in [0.5, 0.6) is 0 Å². The molecule has 1 aromatic rings. The van der Waals surface area contributed by atoms with Crippen LogP contribution in [-0.4, -0.2) is 44.6 Å². The van der Waals surface area contributed by atoms with Crippen molar-refractivity contribution in [2.24, 2.45) is 0 Å². The summed E-state index contributed by atoms with van der Waals surface area (Å²) in [7, 11) is -1.83. The average molecular weight is 338 g/mol. The Labute approximate surface area is 139 Å². The van der Waals surface area contributed by atoms with Crippen LogP contribution in [0.15, 0.2) is 24.3 Å². The lowest BCUT2D eigenvalue weighted by atomic mass is 10.0. The normalized spacial score (nSPS) is 24.0. The number of rotatable bonds is 7. The van der Waals surface area contributed by atoms with Gasteiger partial charge in [0.25, 0.3) is 10.2 Å². The van der Waals surface area contributed by atoms with Gasteiger partial charge in [0.05, 0.1) is 6.61 Å². The molecular formula is C17H26N2O3S. The van der Waals surface area contributed by atoms with Crippen LogP contribution in [0.2, 0.25) is 0 Å². The third-order valence-corrected chi connectivity index (χ3v) is 6.60. The second-order valence-electron chi connectivity index (χ2n) is 6.92. The first kappa shape index (κ1) is 16.9. The van der Waals surface area contributed by atoms with E-state index in [1.54, 1.807) is 11.4 Å². The highest BCUT2D eigenvalue weighted by Crippen LogP contribution is 2.40. The minimum absolute atomic E-state index is 0.0349. The molecule has 23 heavy (non-hydrogen) atoms. The fourth-order valence-corrected chi connectivity index (χ4v) is 5.36. The highest BCUT2D eigenvalue weighted by Gasteiger charge is 2.48. The van der Waals surface area contributed by atoms with Gasteiger partial charge < -0.3 is 4.74 Å². The maximum Gasteiger partial charge on any atom is 0.280 e. The Kier molecular flexibility index (Phi) is 4.78. The van der Waals surface area contributed by atoms with Gasteiger partial charge in [-0.1, -0.05) is 29.8 Å². The van der Waals surface area contributed by atoms with E-state index in [4.69, 9.17) is 4.74 Å². The standard InChI is InChI=1S/C17H26N2O3S/c1-14-5-3-6-15(11-14)12-17(8-9-17)18-23(20,21)19-10-4-7-16(19)13-22-2/h3,5-6,11,16,18H,4,7-10,12-13H2,1-2H3. The van der Waals surface area contributed by atoms with E-state index in [1.165, 1.54) is 11.1 Å². The van der Waals surface area contributed by atoms with Crippen molar-refractivity contribution in [3.8, 4) is 0 Å². The monoisotopic (exact) mass is 338 g/mol. The van der Waals surface area contributed by atoms with E-state index in [1.807, 2.05) is 6.07 Å². The summed E-state index contributed by atoms with van der Waals surface area (Å²) in [5.41, 5.74) is 2.10. The van der Waals surface area contributed by atoms with Crippen molar-refractivity contribution in [3.63, 3.8) is 0 Å². The Balaban J connectivity index is 1.70. The molecule has 5 nitrogen and oxygen atoms in total. The lowest BCUT2D eigenvalue weighted by molar-refractivity contribution is 0.148. The molecule has 6 heteroatoms. The maximum absolute atomic E-state index is 12.8. The van der Waals surface area contributed by atoms with Crippen LogP contribution < -0.4 is 4.72 Å². The molecule has 1 saturated heterocycles. The third-order valence-electron chi connectivity index (χ3n) is 4.81. The number of benzene rings is 1. The topological polar surface area (TPSA) is 58.6 Å². The highest BCUT2D eigenvalue weighted by molar-refractivity contribution is 7.87. The molecule has 1 N–H and O–H groups in total. The van der Waals surface area contributed by atoms with Crippen LogP contribution in [0.1, 0.15) is 36.8 Å². The highest BCUT2D eigenvalue weighted by atomic mass is 32.2. The molecule has 0 aromatic heterocycles. The molecule has 3 rings (SSSR count). The van der Waals surface area contributed by atoms with E-state index < -0.39 is 10.2 Å². The Morgan fingerprint density at radius 1 is 1.39 bits per heavy atom. The third kappa shape index (κ3) is 3.94. The van der Waals surface area contributed by atoms with Gasteiger partial charge >= 0.3 is 0 Å². The summed E-state index contributed by atoms with van der Waals surface area (Å²) in [4.78, 5) is 0. The zero-order valence-electron chi connectivity index (χ0n) is 13.9. The molecule has 128 valence electrons. The molecular weight excluding hydrogens is 312 g/mol. The van der Waals surface area contributed by atoms with Crippen molar-refractivity contribution < 1.29 is 13.2 Å². The largest absolute Gasteiger partial charge is 0.383 e. The van der Waals surface area contributed by atoms with Gasteiger partial charge in [0.1, 0.15) is 0 Å². The van der Waals surface area contributed by atoms with Gasteiger partial charge in [0.15, 0.2) is 0 Å². The van der Waals surface area contributed by atoms with E-state index in [-0.39, 0.29) is 11.6 Å². The maximum atomic E-state index is 12.8. The van der Waals surface area contributed by atoms with Gasteiger partial charge in [-0.25, -0.2) is 0 Å². The average Bonchev–Trinajstić information content (AvgIpc) is 3.03. The van der Waals surface area contributed by atoms with Crippen LogP contribution in [0.25, 0.3) is 0 Å². The van der Waals surface area contributed by atoms with E-state index in [2.05, 4.69) is 29.8 Å². The summed E-state index contributed by atoms with van der Waals surface area (Å²) in [6.45, 7) is 3.11. The number of nitrogens with zero attached hydrogens (tertiary/aromatic N) is 1. The van der Waals surface area contributed by atoms with Crippen LogP contribution >= 0.6 is 0 Å². The van der Waals surface area contributed by atoms with Crippen molar-refractivity contribution in [2.45, 2.75) is 50.6 Å². The Hall–Kier alpha value is -0.950. The van der Waals surface area contributed by atoms with Crippen LogP contribution in [0, 0.1) is 6.92 Å². The second-order valence-corrected chi connectivity index (χ2v) is 8.54.